The Morgan fingerprint density at radius 2 is 1.65 bits per heavy atom. The van der Waals surface area contributed by atoms with Crippen LogP contribution in [0.1, 0.15) is 27.2 Å². The maximum atomic E-state index is 11.5. The van der Waals surface area contributed by atoms with Crippen LogP contribution in [0.4, 0.5) is 0 Å². The summed E-state index contributed by atoms with van der Waals surface area (Å²) in [5.74, 6) is -4.22. The molecule has 0 saturated heterocycles. The van der Waals surface area contributed by atoms with Gasteiger partial charge in [0.1, 0.15) is 0 Å². The molecule has 0 aromatic carbocycles. The van der Waals surface area contributed by atoms with Gasteiger partial charge in [-0.3, -0.25) is 14.4 Å². The maximum Gasteiger partial charge on any atom is 0.320 e. The summed E-state index contributed by atoms with van der Waals surface area (Å²) in [4.78, 5) is 33.4. The number of rotatable bonds is 7. The Kier molecular flexibility index (Phi) is 6.93. The molecule has 0 fully saturated rings. The molecular weight excluding hydrogens is 228 g/mol. The van der Waals surface area contributed by atoms with E-state index < -0.39 is 30.2 Å². The predicted octanol–water partition coefficient (Wildman–Crippen LogP) is 0.840. The molecule has 6 heteroatoms. The maximum absolute atomic E-state index is 11.5. The van der Waals surface area contributed by atoms with E-state index in [0.717, 1.165) is 0 Å². The Hall–Kier alpha value is -1.59. The van der Waals surface area contributed by atoms with Gasteiger partial charge in [-0.2, -0.15) is 0 Å². The number of carbonyl (C=O) groups is 3. The van der Waals surface area contributed by atoms with Crippen molar-refractivity contribution in [3.63, 3.8) is 0 Å². The molecule has 0 saturated carbocycles. The number of hydrogen-bond acceptors (Lipinski definition) is 5. The van der Waals surface area contributed by atoms with Crippen LogP contribution in [0.15, 0.2) is 0 Å². The number of carbonyl (C=O) groups excluding carboxylic acids is 2. The van der Waals surface area contributed by atoms with Crippen molar-refractivity contribution in [2.24, 2.45) is 11.8 Å². The standard InChI is InChI=1S/C11H18O6/c1-4-16-10(14)8(5-9(12)13)11(15)17-6-7(2)3/h7-8H,4-6H2,1-3H3,(H,12,13). The first-order chi connectivity index (χ1) is 7.88. The third-order valence-corrected chi connectivity index (χ3v) is 1.79. The van der Waals surface area contributed by atoms with E-state index in [1.54, 1.807) is 6.92 Å². The summed E-state index contributed by atoms with van der Waals surface area (Å²) in [5, 5.41) is 8.61. The smallest absolute Gasteiger partial charge is 0.320 e. The molecule has 17 heavy (non-hydrogen) atoms. The van der Waals surface area contributed by atoms with Crippen molar-refractivity contribution in [1.29, 1.82) is 0 Å². The minimum Gasteiger partial charge on any atom is -0.481 e. The molecule has 0 bridgehead atoms. The monoisotopic (exact) mass is 246 g/mol. The highest BCUT2D eigenvalue weighted by Crippen LogP contribution is 2.10. The molecule has 0 aliphatic rings. The van der Waals surface area contributed by atoms with Crippen molar-refractivity contribution in [2.45, 2.75) is 27.2 Å². The van der Waals surface area contributed by atoms with Crippen molar-refractivity contribution in [3.8, 4) is 0 Å². The van der Waals surface area contributed by atoms with Crippen LogP contribution < -0.4 is 0 Å². The third-order valence-electron chi connectivity index (χ3n) is 1.79. The first-order valence-electron chi connectivity index (χ1n) is 5.43. The van der Waals surface area contributed by atoms with Crippen molar-refractivity contribution in [2.75, 3.05) is 13.2 Å². The van der Waals surface area contributed by atoms with E-state index in [4.69, 9.17) is 9.84 Å². The van der Waals surface area contributed by atoms with Gasteiger partial charge in [0.15, 0.2) is 5.92 Å². The van der Waals surface area contributed by atoms with Gasteiger partial charge in [-0.05, 0) is 12.8 Å². The Morgan fingerprint density at radius 1 is 1.12 bits per heavy atom. The first kappa shape index (κ1) is 15.4. The Morgan fingerprint density at radius 3 is 2.06 bits per heavy atom. The summed E-state index contributed by atoms with van der Waals surface area (Å²) in [7, 11) is 0. The zero-order valence-corrected chi connectivity index (χ0v) is 10.3. The van der Waals surface area contributed by atoms with E-state index in [0.29, 0.717) is 0 Å². The SMILES string of the molecule is CCOC(=O)C(CC(=O)O)C(=O)OCC(C)C. The van der Waals surface area contributed by atoms with E-state index in [-0.39, 0.29) is 19.1 Å². The van der Waals surface area contributed by atoms with Gasteiger partial charge in [0.25, 0.3) is 0 Å². The van der Waals surface area contributed by atoms with Gasteiger partial charge in [0, 0.05) is 0 Å². The molecule has 0 aromatic rings. The minimum absolute atomic E-state index is 0.0897. The Balaban J connectivity index is 4.50. The molecule has 98 valence electrons. The summed E-state index contributed by atoms with van der Waals surface area (Å²) in [6.45, 7) is 5.49. The molecule has 0 rings (SSSR count). The summed E-state index contributed by atoms with van der Waals surface area (Å²) >= 11 is 0. The molecule has 1 N–H and O–H groups in total. The van der Waals surface area contributed by atoms with Gasteiger partial charge in [-0.15, -0.1) is 0 Å². The molecule has 6 nitrogen and oxygen atoms in total. The highest BCUT2D eigenvalue weighted by Gasteiger charge is 2.32. The number of carboxylic acid groups (broad SMARTS) is 1. The lowest BCUT2D eigenvalue weighted by atomic mass is 10.1. The average Bonchev–Trinajstić information content (AvgIpc) is 2.22. The second-order valence-corrected chi connectivity index (χ2v) is 3.93. The molecule has 1 unspecified atom stereocenters. The van der Waals surface area contributed by atoms with Crippen LogP contribution in [0.5, 0.6) is 0 Å². The largest absolute Gasteiger partial charge is 0.481 e. The van der Waals surface area contributed by atoms with E-state index in [2.05, 4.69) is 4.74 Å². The van der Waals surface area contributed by atoms with E-state index >= 15 is 0 Å². The summed E-state index contributed by atoms with van der Waals surface area (Å²) in [5.41, 5.74) is 0. The number of ether oxygens (including phenoxy) is 2. The molecule has 0 aromatic heterocycles. The van der Waals surface area contributed by atoms with Crippen LogP contribution in [-0.2, 0) is 23.9 Å². The minimum atomic E-state index is -1.38. The lowest BCUT2D eigenvalue weighted by molar-refractivity contribution is -0.166. The fourth-order valence-electron chi connectivity index (χ4n) is 1.03. The lowest BCUT2D eigenvalue weighted by Crippen LogP contribution is -2.31. The van der Waals surface area contributed by atoms with E-state index in [1.165, 1.54) is 0 Å². The molecule has 0 aliphatic heterocycles. The molecular formula is C11H18O6. The van der Waals surface area contributed by atoms with Crippen molar-refractivity contribution in [1.82, 2.24) is 0 Å². The first-order valence-corrected chi connectivity index (χ1v) is 5.43. The predicted molar refractivity (Wildman–Crippen MR) is 58.2 cm³/mol. The van der Waals surface area contributed by atoms with E-state index in [1.807, 2.05) is 13.8 Å². The van der Waals surface area contributed by atoms with Crippen LogP contribution in [0.25, 0.3) is 0 Å². The summed E-state index contributed by atoms with van der Waals surface area (Å²) in [6.07, 6.45) is -0.615. The summed E-state index contributed by atoms with van der Waals surface area (Å²) < 4.78 is 9.46. The van der Waals surface area contributed by atoms with Crippen molar-refractivity contribution in [3.05, 3.63) is 0 Å². The zero-order valence-electron chi connectivity index (χ0n) is 10.3. The quantitative estimate of drug-likeness (QED) is 0.529. The molecule has 0 aliphatic carbocycles. The fourth-order valence-corrected chi connectivity index (χ4v) is 1.03. The number of hydrogen-bond donors (Lipinski definition) is 1. The van der Waals surface area contributed by atoms with E-state index in [9.17, 15) is 14.4 Å². The zero-order chi connectivity index (χ0) is 13.4. The van der Waals surface area contributed by atoms with Crippen molar-refractivity contribution >= 4 is 17.9 Å². The van der Waals surface area contributed by atoms with Gasteiger partial charge in [0.05, 0.1) is 19.6 Å². The van der Waals surface area contributed by atoms with Crippen LogP contribution in [0, 0.1) is 11.8 Å². The molecule has 0 radical (unpaired) electrons. The third kappa shape index (κ3) is 6.55. The van der Waals surface area contributed by atoms with Gasteiger partial charge < -0.3 is 14.6 Å². The van der Waals surface area contributed by atoms with Crippen LogP contribution in [0.2, 0.25) is 0 Å². The fraction of sp³-hybridized carbons (Fsp3) is 0.727. The number of carboxylic acids is 1. The highest BCUT2D eigenvalue weighted by molar-refractivity contribution is 5.97. The second-order valence-electron chi connectivity index (χ2n) is 3.93. The number of esters is 2. The molecule has 0 spiro atoms. The second kappa shape index (κ2) is 7.65. The van der Waals surface area contributed by atoms with Crippen molar-refractivity contribution < 1.29 is 29.0 Å². The van der Waals surface area contributed by atoms with Gasteiger partial charge in [-0.25, -0.2) is 0 Å². The lowest BCUT2D eigenvalue weighted by Gasteiger charge is -2.14. The Labute approximate surface area is 99.9 Å². The van der Waals surface area contributed by atoms with Gasteiger partial charge >= 0.3 is 17.9 Å². The van der Waals surface area contributed by atoms with Gasteiger partial charge in [0.2, 0.25) is 0 Å². The van der Waals surface area contributed by atoms with Crippen LogP contribution in [-0.4, -0.2) is 36.2 Å². The number of aliphatic carboxylic acids is 1. The van der Waals surface area contributed by atoms with Crippen LogP contribution >= 0.6 is 0 Å². The summed E-state index contributed by atoms with van der Waals surface area (Å²) in [6, 6.07) is 0. The Bertz CT molecular complexity index is 284. The van der Waals surface area contributed by atoms with Crippen LogP contribution in [0.3, 0.4) is 0 Å². The molecule has 1 atom stereocenters. The molecule has 0 heterocycles. The highest BCUT2D eigenvalue weighted by atomic mass is 16.6. The molecule has 0 amide bonds. The average molecular weight is 246 g/mol. The normalized spacial score (nSPS) is 12.0. The topological polar surface area (TPSA) is 89.9 Å². The van der Waals surface area contributed by atoms with Gasteiger partial charge in [-0.1, -0.05) is 13.8 Å².